The molecular weight excluding hydrogens is 911 g/mol. The third-order valence-corrected chi connectivity index (χ3v) is 15.1. The summed E-state index contributed by atoms with van der Waals surface area (Å²) in [5.41, 5.74) is 3.00. The van der Waals surface area contributed by atoms with Crippen molar-refractivity contribution in [3.8, 4) is 0 Å². The highest BCUT2D eigenvalue weighted by Gasteiger charge is 2.72. The Morgan fingerprint density at radius 2 is 1.71 bits per heavy atom. The number of nitrogens with one attached hydrogen (secondary N) is 5. The average Bonchev–Trinajstić information content (AvgIpc) is 4.08. The zero-order chi connectivity index (χ0) is 47.3. The number of piperidine rings is 1. The predicted molar refractivity (Wildman–Crippen MR) is 254 cm³/mol. The fourth-order valence-corrected chi connectivity index (χ4v) is 11.8. The number of aryl methyl sites for hydroxylation is 1. The number of hydrogen-bond acceptors (Lipinski definition) is 9. The highest BCUT2D eigenvalue weighted by atomic mass is 35.5. The molecule has 2 saturated heterocycles. The number of halogens is 3. The van der Waals surface area contributed by atoms with Gasteiger partial charge in [0, 0.05) is 82.4 Å². The SMILES string of the molecule is O=C1CCC(N2Cc3c(NCc4cn(CCCCC(=O)c5ccc(NC(=O)[C@@H]6NC7(CCCCC7)[C@@]7(C(=O)Nc8cc(Cl)ccc87)[C@H]6c6cccc(Cl)c6F)cc5)cn4)cccc3C2=O)C(=O)N1. The van der Waals surface area contributed by atoms with E-state index in [-0.39, 0.29) is 47.1 Å². The average molecular weight is 960 g/mol. The summed E-state index contributed by atoms with van der Waals surface area (Å²) in [6.45, 7) is 1.33. The molecule has 5 aliphatic rings. The molecule has 4 aromatic carbocycles. The molecule has 17 heteroatoms. The molecule has 1 aromatic heterocycles. The molecule has 4 atom stereocenters. The van der Waals surface area contributed by atoms with Crippen molar-refractivity contribution in [2.45, 2.75) is 113 Å². The van der Waals surface area contributed by atoms with Crippen LogP contribution in [0.15, 0.2) is 91.4 Å². The number of rotatable bonds is 13. The van der Waals surface area contributed by atoms with E-state index >= 15 is 4.39 Å². The van der Waals surface area contributed by atoms with Gasteiger partial charge in [0.1, 0.15) is 17.3 Å². The number of Topliss-reactive ketones (excluding diaryl/α,β-unsaturated/α-hetero) is 1. The summed E-state index contributed by atoms with van der Waals surface area (Å²) >= 11 is 12.8. The zero-order valence-electron chi connectivity index (χ0n) is 37.0. The quantitative estimate of drug-likeness (QED) is 0.0443. The Morgan fingerprint density at radius 1 is 0.912 bits per heavy atom. The van der Waals surface area contributed by atoms with Crippen molar-refractivity contribution >= 4 is 75.6 Å². The summed E-state index contributed by atoms with van der Waals surface area (Å²) in [4.78, 5) is 86.0. The van der Waals surface area contributed by atoms with Gasteiger partial charge in [-0.3, -0.25) is 39.4 Å². The van der Waals surface area contributed by atoms with Crippen molar-refractivity contribution in [1.29, 1.82) is 0 Å². The van der Waals surface area contributed by atoms with Crippen LogP contribution in [-0.2, 0) is 44.2 Å². The Labute approximate surface area is 401 Å². The van der Waals surface area contributed by atoms with E-state index in [2.05, 4.69) is 31.6 Å². The van der Waals surface area contributed by atoms with Gasteiger partial charge in [0.2, 0.25) is 23.6 Å². The van der Waals surface area contributed by atoms with Crippen LogP contribution < -0.4 is 26.6 Å². The van der Waals surface area contributed by atoms with Crippen molar-refractivity contribution in [3.05, 3.63) is 141 Å². The number of carbonyl (C=O) groups excluding carboxylic acids is 6. The van der Waals surface area contributed by atoms with Crippen LogP contribution in [-0.4, -0.2) is 67.4 Å². The number of imidazole rings is 1. The number of anilines is 3. The van der Waals surface area contributed by atoms with E-state index < -0.39 is 46.6 Å². The van der Waals surface area contributed by atoms with Crippen LogP contribution in [0.5, 0.6) is 0 Å². The number of benzene rings is 4. The molecule has 5 aromatic rings. The number of amides is 5. The molecular formula is C51H49Cl2FN8O6. The van der Waals surface area contributed by atoms with Gasteiger partial charge < -0.3 is 25.4 Å². The smallest absolute Gasteiger partial charge is 0.255 e. The largest absolute Gasteiger partial charge is 0.379 e. The van der Waals surface area contributed by atoms with Crippen LogP contribution >= 0.6 is 23.2 Å². The number of ketones is 1. The number of fused-ring (bicyclic) bond motifs is 4. The Hall–Kier alpha value is -6.42. The molecule has 1 saturated carbocycles. The number of hydrogen-bond donors (Lipinski definition) is 5. The van der Waals surface area contributed by atoms with E-state index in [0.717, 1.165) is 42.6 Å². The van der Waals surface area contributed by atoms with Crippen LogP contribution in [0.3, 0.4) is 0 Å². The molecule has 5 N–H and O–H groups in total. The first-order chi connectivity index (χ1) is 32.9. The number of carbonyl (C=O) groups is 6. The minimum atomic E-state index is -1.35. The van der Waals surface area contributed by atoms with Crippen LogP contribution in [0.4, 0.5) is 21.5 Å². The molecule has 2 spiro atoms. The van der Waals surface area contributed by atoms with Gasteiger partial charge in [0.05, 0.1) is 29.6 Å². The maximum absolute atomic E-state index is 16.3. The molecule has 4 aliphatic heterocycles. The predicted octanol–water partition coefficient (Wildman–Crippen LogP) is 8.04. The number of unbranched alkanes of at least 4 members (excludes halogenated alkanes) is 1. The second-order valence-electron chi connectivity index (χ2n) is 18.5. The molecule has 0 radical (unpaired) electrons. The Bertz CT molecular complexity index is 2880. The lowest BCUT2D eigenvalue weighted by Crippen LogP contribution is -2.60. The van der Waals surface area contributed by atoms with E-state index in [1.807, 2.05) is 22.9 Å². The first-order valence-electron chi connectivity index (χ1n) is 23.2. The Kier molecular flexibility index (Phi) is 12.2. The number of nitrogens with zero attached hydrogens (tertiary/aromatic N) is 3. The zero-order valence-corrected chi connectivity index (χ0v) is 38.5. The molecule has 3 fully saturated rings. The summed E-state index contributed by atoms with van der Waals surface area (Å²) in [5, 5.41) is 15.8. The van der Waals surface area contributed by atoms with E-state index in [9.17, 15) is 28.8 Å². The van der Waals surface area contributed by atoms with Crippen LogP contribution in [0.25, 0.3) is 0 Å². The lowest BCUT2D eigenvalue weighted by Gasteiger charge is -2.47. The summed E-state index contributed by atoms with van der Waals surface area (Å²) in [5.74, 6) is -3.46. The summed E-state index contributed by atoms with van der Waals surface area (Å²) in [6.07, 6.45) is 9.67. The standard InChI is InChI=1S/C51H49Cl2FN8O6/c52-30-15-18-36-39(24-30)58-49(68)51(36)43(34-9-6-10-37(53)44(34)54)45(60-50(51)21-3-1-4-22-50)47(66)57-31-16-13-29(14-17-31)41(63)12-2-5-23-61-26-32(56-28-61)25-55-38-11-7-8-33-35(38)27-62(48(33)67)40-19-20-42(64)59-46(40)65/h6-11,13-18,24,26,28,40,43,45,55,60H,1-5,12,19-23,25,27H2,(H,57,66)(H,58,68)(H,59,64,65)/t40?,43-,45+,51+/m0/s1. The van der Waals surface area contributed by atoms with Gasteiger partial charge in [-0.2, -0.15) is 0 Å². The van der Waals surface area contributed by atoms with Gasteiger partial charge in [-0.25, -0.2) is 9.37 Å². The number of aromatic nitrogens is 2. The van der Waals surface area contributed by atoms with Gasteiger partial charge in [0.15, 0.2) is 5.78 Å². The normalized spacial score (nSPS) is 22.6. The molecule has 5 amide bonds. The number of imide groups is 1. The van der Waals surface area contributed by atoms with Gasteiger partial charge in [-0.05, 0) is 97.8 Å². The fraction of sp³-hybridized carbons (Fsp3) is 0.353. The summed E-state index contributed by atoms with van der Waals surface area (Å²) in [6, 6.07) is 20.4. The van der Waals surface area contributed by atoms with Crippen molar-refractivity contribution in [3.63, 3.8) is 0 Å². The van der Waals surface area contributed by atoms with Gasteiger partial charge in [-0.15, -0.1) is 0 Å². The summed E-state index contributed by atoms with van der Waals surface area (Å²) < 4.78 is 18.3. The van der Waals surface area contributed by atoms with Crippen LogP contribution in [0, 0.1) is 5.82 Å². The maximum Gasteiger partial charge on any atom is 0.255 e. The molecule has 0 bridgehead atoms. The van der Waals surface area contributed by atoms with Gasteiger partial charge in [0.25, 0.3) is 5.91 Å². The van der Waals surface area contributed by atoms with Crippen LogP contribution in [0.1, 0.15) is 113 Å². The van der Waals surface area contributed by atoms with Crippen molar-refractivity contribution in [2.75, 3.05) is 16.0 Å². The Balaban J connectivity index is 0.758. The fourth-order valence-electron chi connectivity index (χ4n) is 11.5. The second kappa shape index (κ2) is 18.2. The summed E-state index contributed by atoms with van der Waals surface area (Å²) in [7, 11) is 0. The monoisotopic (exact) mass is 958 g/mol. The minimum Gasteiger partial charge on any atom is -0.379 e. The molecule has 350 valence electrons. The first-order valence-corrected chi connectivity index (χ1v) is 23.9. The minimum absolute atomic E-state index is 0.0374. The van der Waals surface area contributed by atoms with Crippen molar-refractivity contribution in [2.24, 2.45) is 0 Å². The maximum atomic E-state index is 16.3. The van der Waals surface area contributed by atoms with Crippen LogP contribution in [0.2, 0.25) is 10.0 Å². The van der Waals surface area contributed by atoms with E-state index in [1.165, 1.54) is 11.0 Å². The van der Waals surface area contributed by atoms with E-state index in [1.54, 1.807) is 67.0 Å². The first kappa shape index (κ1) is 45.4. The van der Waals surface area contributed by atoms with Gasteiger partial charge >= 0.3 is 0 Å². The molecule has 10 rings (SSSR count). The lowest BCUT2D eigenvalue weighted by atomic mass is 9.55. The van der Waals surface area contributed by atoms with Gasteiger partial charge in [-0.1, -0.05) is 66.7 Å². The Morgan fingerprint density at radius 3 is 2.50 bits per heavy atom. The molecule has 14 nitrogen and oxygen atoms in total. The molecule has 5 heterocycles. The lowest BCUT2D eigenvalue weighted by molar-refractivity contribution is -0.137. The molecule has 1 unspecified atom stereocenters. The van der Waals surface area contributed by atoms with Crippen molar-refractivity contribution < 1.29 is 33.2 Å². The molecule has 1 aliphatic carbocycles. The van der Waals surface area contributed by atoms with E-state index in [0.29, 0.717) is 78.3 Å². The third kappa shape index (κ3) is 7.93. The highest BCUT2D eigenvalue weighted by Crippen LogP contribution is 2.63. The van der Waals surface area contributed by atoms with E-state index in [4.69, 9.17) is 23.2 Å². The second-order valence-corrected chi connectivity index (χ2v) is 19.3. The highest BCUT2D eigenvalue weighted by molar-refractivity contribution is 6.31. The van der Waals surface area contributed by atoms with Crippen molar-refractivity contribution in [1.82, 2.24) is 25.1 Å². The molecule has 68 heavy (non-hydrogen) atoms. The topological polar surface area (TPSA) is 184 Å². The third-order valence-electron chi connectivity index (χ3n) is 14.6.